The summed E-state index contributed by atoms with van der Waals surface area (Å²) in [5.41, 5.74) is 2.66. The molecule has 0 saturated heterocycles. The lowest BCUT2D eigenvalue weighted by atomic mass is 10.2. The van der Waals surface area contributed by atoms with Gasteiger partial charge in [0.1, 0.15) is 0 Å². The lowest BCUT2D eigenvalue weighted by Gasteiger charge is -2.09. The molecule has 0 nitrogen and oxygen atoms in total. The minimum Gasteiger partial charge on any atom is -0.0681 e. The molecule has 0 unspecified atom stereocenters. The van der Waals surface area contributed by atoms with Crippen molar-refractivity contribution in [2.24, 2.45) is 0 Å². The van der Waals surface area contributed by atoms with Crippen molar-refractivity contribution in [3.8, 4) is 0 Å². The summed E-state index contributed by atoms with van der Waals surface area (Å²) in [7, 11) is 4.18. The Morgan fingerprint density at radius 2 is 1.29 bits per heavy atom. The molecular formula is C14H14Si3. The Morgan fingerprint density at radius 1 is 0.824 bits per heavy atom. The molecule has 0 aliphatic carbocycles. The quantitative estimate of drug-likeness (QED) is 0.732. The van der Waals surface area contributed by atoms with E-state index in [2.05, 4.69) is 72.1 Å². The van der Waals surface area contributed by atoms with Gasteiger partial charge in [0.05, 0.1) is 16.9 Å². The van der Waals surface area contributed by atoms with Gasteiger partial charge >= 0.3 is 0 Å². The normalized spacial score (nSPS) is 10.8. The molecule has 2 rings (SSSR count). The first-order valence-corrected chi connectivity index (χ1v) is 10.6. The number of hydrogen-bond acceptors (Lipinski definition) is 0. The van der Waals surface area contributed by atoms with Crippen LogP contribution in [0.3, 0.4) is 0 Å². The second-order valence-corrected chi connectivity index (χ2v) is 11.6. The summed E-state index contributed by atoms with van der Waals surface area (Å²) in [6.07, 6.45) is 0. The Bertz CT molecular complexity index is 474. The number of rotatable bonds is 3. The van der Waals surface area contributed by atoms with Gasteiger partial charge in [0, 0.05) is 9.76 Å². The van der Waals surface area contributed by atoms with Crippen molar-refractivity contribution in [2.75, 3.05) is 0 Å². The van der Waals surface area contributed by atoms with Gasteiger partial charge in [-0.2, -0.15) is 0 Å². The predicted molar refractivity (Wildman–Crippen MR) is 78.9 cm³/mol. The first-order valence-electron chi connectivity index (χ1n) is 5.64. The highest BCUT2D eigenvalue weighted by molar-refractivity contribution is 7.43. The average molecular weight is 267 g/mol. The molecule has 2 aromatic carbocycles. The van der Waals surface area contributed by atoms with E-state index in [1.54, 1.807) is 0 Å². The standard InChI is InChI=1S/C14H14Si3/c1-11-3-7-13(8-4-11)16-17(15)14-9-5-12(2)6-10-14/h3-10H,1-2H3. The molecular weight excluding hydrogens is 252 g/mol. The van der Waals surface area contributed by atoms with Crippen molar-refractivity contribution in [3.63, 3.8) is 0 Å². The van der Waals surface area contributed by atoms with Gasteiger partial charge < -0.3 is 0 Å². The third kappa shape index (κ3) is 3.52. The molecule has 17 heavy (non-hydrogen) atoms. The number of benzene rings is 2. The third-order valence-electron chi connectivity index (χ3n) is 2.66. The zero-order valence-electron chi connectivity index (χ0n) is 10.1. The molecule has 0 atom stereocenters. The van der Waals surface area contributed by atoms with E-state index in [1.807, 2.05) is 0 Å². The van der Waals surface area contributed by atoms with E-state index in [0.29, 0.717) is 0 Å². The molecule has 0 saturated carbocycles. The van der Waals surface area contributed by atoms with E-state index in [0.717, 1.165) is 9.04 Å². The third-order valence-corrected chi connectivity index (χ3v) is 8.92. The van der Waals surface area contributed by atoms with E-state index in [1.165, 1.54) is 21.5 Å². The van der Waals surface area contributed by atoms with E-state index >= 15 is 0 Å². The monoisotopic (exact) mass is 266 g/mol. The molecule has 0 aliphatic rings. The zero-order valence-corrected chi connectivity index (χ0v) is 13.1. The van der Waals surface area contributed by atoms with Crippen molar-refractivity contribution in [3.05, 3.63) is 59.7 Å². The lowest BCUT2D eigenvalue weighted by molar-refractivity contribution is 1.49. The van der Waals surface area contributed by atoms with Crippen LogP contribution in [0.5, 0.6) is 0 Å². The van der Waals surface area contributed by atoms with Crippen LogP contribution in [-0.2, 0) is 0 Å². The Balaban J connectivity index is 2.08. The Hall–Kier alpha value is -0.909. The van der Waals surface area contributed by atoms with Crippen LogP contribution in [0.25, 0.3) is 0 Å². The summed E-state index contributed by atoms with van der Waals surface area (Å²) in [4.78, 5) is 0. The maximum absolute atomic E-state index is 3.93. The van der Waals surface area contributed by atoms with Gasteiger partial charge in [-0.1, -0.05) is 70.0 Å². The minimum absolute atomic E-state index is 0.615. The molecule has 82 valence electrons. The van der Waals surface area contributed by atoms with Gasteiger partial charge in [0.25, 0.3) is 0 Å². The summed E-state index contributed by atoms with van der Waals surface area (Å²) >= 11 is 0. The second-order valence-electron chi connectivity index (χ2n) is 4.23. The van der Waals surface area contributed by atoms with Crippen molar-refractivity contribution < 1.29 is 0 Å². The van der Waals surface area contributed by atoms with E-state index < -0.39 is 7.83 Å². The molecule has 0 fully saturated rings. The van der Waals surface area contributed by atoms with E-state index in [-0.39, 0.29) is 0 Å². The van der Waals surface area contributed by atoms with E-state index in [4.69, 9.17) is 0 Å². The molecule has 0 bridgehead atoms. The Kier molecular flexibility index (Phi) is 4.15. The van der Waals surface area contributed by atoms with Crippen LogP contribution in [0.1, 0.15) is 11.1 Å². The van der Waals surface area contributed by atoms with Crippen molar-refractivity contribution in [1.29, 1.82) is 0 Å². The van der Waals surface area contributed by atoms with Crippen molar-refractivity contribution in [1.82, 2.24) is 0 Å². The SMILES string of the molecule is Cc1ccc([Si][Si]([Si])c2ccc(C)cc2)cc1. The van der Waals surface area contributed by atoms with Crippen LogP contribution in [0.15, 0.2) is 48.5 Å². The van der Waals surface area contributed by atoms with Crippen LogP contribution in [0, 0.1) is 13.8 Å². The fourth-order valence-corrected chi connectivity index (χ4v) is 6.94. The average Bonchev–Trinajstić information content (AvgIpc) is 2.33. The summed E-state index contributed by atoms with van der Waals surface area (Å²) < 4.78 is 0. The molecule has 0 aliphatic heterocycles. The van der Waals surface area contributed by atoms with Gasteiger partial charge in [-0.3, -0.25) is 0 Å². The van der Waals surface area contributed by atoms with Crippen LogP contribution >= 0.6 is 0 Å². The maximum atomic E-state index is 3.93. The molecule has 0 N–H and O–H groups in total. The van der Waals surface area contributed by atoms with Crippen molar-refractivity contribution >= 4 is 37.0 Å². The predicted octanol–water partition coefficient (Wildman–Crippen LogP) is 1.20. The van der Waals surface area contributed by atoms with Crippen LogP contribution in [0.2, 0.25) is 0 Å². The Labute approximate surface area is 111 Å². The first kappa shape index (κ1) is 12.5. The first-order chi connectivity index (χ1) is 8.15. The number of hydrogen-bond donors (Lipinski definition) is 0. The molecule has 6 radical (unpaired) electrons. The maximum Gasteiger partial charge on any atom is 0.0704 e. The molecule has 3 heteroatoms. The molecule has 0 amide bonds. The fraction of sp³-hybridized carbons (Fsp3) is 0.143. The van der Waals surface area contributed by atoms with E-state index in [9.17, 15) is 0 Å². The summed E-state index contributed by atoms with van der Waals surface area (Å²) in [5, 5.41) is 2.90. The smallest absolute Gasteiger partial charge is 0.0681 e. The summed E-state index contributed by atoms with van der Waals surface area (Å²) in [6.45, 7) is 4.26. The second kappa shape index (κ2) is 5.62. The van der Waals surface area contributed by atoms with Gasteiger partial charge in [0.15, 0.2) is 0 Å². The summed E-state index contributed by atoms with van der Waals surface area (Å²) in [6, 6.07) is 17.8. The highest BCUT2D eigenvalue weighted by atomic mass is 29.5. The fourth-order valence-electron chi connectivity index (χ4n) is 1.57. The molecule has 0 heterocycles. The lowest BCUT2D eigenvalue weighted by Crippen LogP contribution is -2.43. The Morgan fingerprint density at radius 3 is 1.82 bits per heavy atom. The van der Waals surface area contributed by atoms with Crippen LogP contribution in [0.4, 0.5) is 0 Å². The van der Waals surface area contributed by atoms with Crippen LogP contribution < -0.4 is 10.4 Å². The largest absolute Gasteiger partial charge is 0.0704 e. The highest BCUT2D eigenvalue weighted by Gasteiger charge is 2.09. The molecule has 0 spiro atoms. The molecule has 2 aromatic rings. The van der Waals surface area contributed by atoms with Gasteiger partial charge in [-0.15, -0.1) is 0 Å². The topological polar surface area (TPSA) is 0 Å². The van der Waals surface area contributed by atoms with Crippen LogP contribution in [-0.4, -0.2) is 26.6 Å². The summed E-state index contributed by atoms with van der Waals surface area (Å²) in [5.74, 6) is 0. The zero-order chi connectivity index (χ0) is 12.3. The van der Waals surface area contributed by atoms with Crippen molar-refractivity contribution in [2.45, 2.75) is 13.8 Å². The van der Waals surface area contributed by atoms with Gasteiger partial charge in [0.2, 0.25) is 0 Å². The number of aryl methyl sites for hydroxylation is 2. The van der Waals surface area contributed by atoms with Gasteiger partial charge in [-0.25, -0.2) is 0 Å². The molecule has 0 aromatic heterocycles. The highest BCUT2D eigenvalue weighted by Crippen LogP contribution is 1.95. The van der Waals surface area contributed by atoms with Gasteiger partial charge in [-0.05, 0) is 13.8 Å². The minimum atomic E-state index is -0.615.